The Kier molecular flexibility index (Phi) is 7.34. The number of hydrogen-bond donors (Lipinski definition) is 1. The third kappa shape index (κ3) is 5.66. The number of benzene rings is 2. The highest BCUT2D eigenvalue weighted by Gasteiger charge is 2.26. The standard InChI is InChI=1S/C24H28N2O6S/c1-15-5-6-16(2)22(13-15)33(30,31)25-11-9-23(28)32-17(3)24(29)20-7-8-21-19(14-20)10-12-26(21)18(4)27/h5-8,13-14,17,25H,9-12H2,1-4H3. The monoisotopic (exact) mass is 472 g/mol. The van der Waals surface area contributed by atoms with Gasteiger partial charge in [0.05, 0.1) is 11.3 Å². The number of nitrogens with one attached hydrogen (secondary N) is 1. The summed E-state index contributed by atoms with van der Waals surface area (Å²) in [6.45, 7) is 6.91. The Balaban J connectivity index is 1.55. The topological polar surface area (TPSA) is 110 Å². The van der Waals surface area contributed by atoms with Crippen molar-refractivity contribution in [2.24, 2.45) is 0 Å². The van der Waals surface area contributed by atoms with E-state index in [4.69, 9.17) is 4.74 Å². The molecule has 2 aromatic carbocycles. The maximum Gasteiger partial charge on any atom is 0.307 e. The lowest BCUT2D eigenvalue weighted by atomic mass is 10.0. The van der Waals surface area contributed by atoms with Crippen LogP contribution in [0.1, 0.15) is 47.3 Å². The Labute approximate surface area is 194 Å². The number of carbonyl (C=O) groups is 3. The van der Waals surface area contributed by atoms with Crippen LogP contribution in [0.2, 0.25) is 0 Å². The van der Waals surface area contributed by atoms with E-state index in [1.54, 1.807) is 49.1 Å². The quantitative estimate of drug-likeness (QED) is 0.467. The van der Waals surface area contributed by atoms with Gasteiger partial charge in [-0.25, -0.2) is 13.1 Å². The van der Waals surface area contributed by atoms with Crippen LogP contribution < -0.4 is 9.62 Å². The molecule has 0 saturated carbocycles. The zero-order chi connectivity index (χ0) is 24.3. The first-order valence-electron chi connectivity index (χ1n) is 10.7. The Morgan fingerprint density at radius 3 is 2.55 bits per heavy atom. The number of aryl methyl sites for hydroxylation is 2. The molecule has 8 nitrogen and oxygen atoms in total. The van der Waals surface area contributed by atoms with E-state index in [1.165, 1.54) is 13.8 Å². The molecule has 2 aromatic rings. The SMILES string of the molecule is CC(=O)N1CCc2cc(C(=O)C(C)OC(=O)CCNS(=O)(=O)c3cc(C)ccc3C)ccc21. The number of rotatable bonds is 8. The first kappa shape index (κ1) is 24.6. The van der Waals surface area contributed by atoms with Gasteiger partial charge in [-0.1, -0.05) is 12.1 Å². The molecular formula is C24H28N2O6S. The number of fused-ring (bicyclic) bond motifs is 1. The lowest BCUT2D eigenvalue weighted by Gasteiger charge is -2.16. The minimum Gasteiger partial charge on any atom is -0.454 e. The number of Topliss-reactive ketones (excluding diaryl/α,β-unsaturated/α-hetero) is 1. The highest BCUT2D eigenvalue weighted by atomic mass is 32.2. The van der Waals surface area contributed by atoms with Crippen molar-refractivity contribution in [1.29, 1.82) is 0 Å². The third-order valence-electron chi connectivity index (χ3n) is 5.57. The van der Waals surface area contributed by atoms with Crippen molar-refractivity contribution in [3.63, 3.8) is 0 Å². The number of anilines is 1. The molecular weight excluding hydrogens is 444 g/mol. The molecule has 1 N–H and O–H groups in total. The molecule has 33 heavy (non-hydrogen) atoms. The molecule has 1 unspecified atom stereocenters. The second-order valence-electron chi connectivity index (χ2n) is 8.18. The van der Waals surface area contributed by atoms with Gasteiger partial charge in [0, 0.05) is 31.3 Å². The summed E-state index contributed by atoms with van der Waals surface area (Å²) in [5.74, 6) is -1.09. The second-order valence-corrected chi connectivity index (χ2v) is 9.91. The number of carbonyl (C=O) groups excluding carboxylic acids is 3. The van der Waals surface area contributed by atoms with Crippen LogP contribution >= 0.6 is 0 Å². The lowest BCUT2D eigenvalue weighted by Crippen LogP contribution is -2.29. The van der Waals surface area contributed by atoms with Gasteiger partial charge < -0.3 is 9.64 Å². The zero-order valence-electron chi connectivity index (χ0n) is 19.2. The number of sulfonamides is 1. The summed E-state index contributed by atoms with van der Waals surface area (Å²) in [5.41, 5.74) is 3.51. The highest BCUT2D eigenvalue weighted by molar-refractivity contribution is 7.89. The molecule has 1 aliphatic rings. The van der Waals surface area contributed by atoms with Crippen LogP contribution in [0.3, 0.4) is 0 Å². The van der Waals surface area contributed by atoms with Gasteiger partial charge in [0.2, 0.25) is 21.7 Å². The van der Waals surface area contributed by atoms with Gasteiger partial charge in [-0.3, -0.25) is 14.4 Å². The van der Waals surface area contributed by atoms with E-state index in [1.807, 2.05) is 6.07 Å². The maximum absolute atomic E-state index is 12.7. The second kappa shape index (κ2) is 9.84. The number of ketones is 1. The fourth-order valence-electron chi connectivity index (χ4n) is 3.79. The predicted octanol–water partition coefficient (Wildman–Crippen LogP) is 2.70. The van der Waals surface area contributed by atoms with E-state index in [0.717, 1.165) is 16.8 Å². The van der Waals surface area contributed by atoms with Gasteiger partial charge in [0.1, 0.15) is 0 Å². The van der Waals surface area contributed by atoms with Crippen LogP contribution in [0.25, 0.3) is 0 Å². The van der Waals surface area contributed by atoms with Gasteiger partial charge >= 0.3 is 5.97 Å². The van der Waals surface area contributed by atoms with Gasteiger partial charge in [-0.05, 0) is 68.1 Å². The summed E-state index contributed by atoms with van der Waals surface area (Å²) < 4.78 is 32.7. The van der Waals surface area contributed by atoms with Crippen molar-refractivity contribution in [1.82, 2.24) is 4.72 Å². The molecule has 0 saturated heterocycles. The van der Waals surface area contributed by atoms with Crippen LogP contribution in [-0.4, -0.2) is 45.3 Å². The van der Waals surface area contributed by atoms with Gasteiger partial charge in [-0.2, -0.15) is 0 Å². The van der Waals surface area contributed by atoms with Crippen molar-refractivity contribution in [3.8, 4) is 0 Å². The van der Waals surface area contributed by atoms with Crippen LogP contribution in [-0.2, 0) is 30.8 Å². The molecule has 1 amide bonds. The number of amides is 1. The summed E-state index contributed by atoms with van der Waals surface area (Å²) in [6, 6.07) is 10.2. The first-order valence-corrected chi connectivity index (χ1v) is 12.2. The van der Waals surface area contributed by atoms with Crippen molar-refractivity contribution in [2.75, 3.05) is 18.0 Å². The number of ether oxygens (including phenoxy) is 1. The van der Waals surface area contributed by atoms with Crippen molar-refractivity contribution >= 4 is 33.4 Å². The van der Waals surface area contributed by atoms with Crippen molar-refractivity contribution in [2.45, 2.75) is 51.5 Å². The molecule has 3 rings (SSSR count). The molecule has 0 aliphatic carbocycles. The van der Waals surface area contributed by atoms with Crippen LogP contribution in [0.5, 0.6) is 0 Å². The molecule has 9 heteroatoms. The normalized spacial score (nSPS) is 14.0. The molecule has 0 aromatic heterocycles. The van der Waals surface area contributed by atoms with Crippen molar-refractivity contribution in [3.05, 3.63) is 58.7 Å². The lowest BCUT2D eigenvalue weighted by molar-refractivity contribution is -0.146. The highest BCUT2D eigenvalue weighted by Crippen LogP contribution is 2.29. The Morgan fingerprint density at radius 1 is 1.12 bits per heavy atom. The molecule has 0 spiro atoms. The summed E-state index contributed by atoms with van der Waals surface area (Å²) in [4.78, 5) is 38.4. The van der Waals surface area contributed by atoms with Gasteiger partial charge in [0.25, 0.3) is 0 Å². The van der Waals surface area contributed by atoms with Crippen LogP contribution in [0.4, 0.5) is 5.69 Å². The molecule has 0 radical (unpaired) electrons. The molecule has 1 atom stereocenters. The summed E-state index contributed by atoms with van der Waals surface area (Å²) in [5, 5.41) is 0. The smallest absolute Gasteiger partial charge is 0.307 e. The average Bonchev–Trinajstić information content (AvgIpc) is 3.18. The molecule has 1 heterocycles. The minimum absolute atomic E-state index is 0.0525. The summed E-state index contributed by atoms with van der Waals surface area (Å²) >= 11 is 0. The zero-order valence-corrected chi connectivity index (χ0v) is 20.0. The van der Waals surface area contributed by atoms with Crippen molar-refractivity contribution < 1.29 is 27.5 Å². The minimum atomic E-state index is -3.77. The molecule has 0 bridgehead atoms. The number of hydrogen-bond acceptors (Lipinski definition) is 6. The predicted molar refractivity (Wildman–Crippen MR) is 124 cm³/mol. The maximum atomic E-state index is 12.7. The van der Waals surface area contributed by atoms with Gasteiger partial charge in [-0.15, -0.1) is 0 Å². The number of esters is 1. The van der Waals surface area contributed by atoms with E-state index < -0.39 is 22.1 Å². The van der Waals surface area contributed by atoms with E-state index in [2.05, 4.69) is 4.72 Å². The van der Waals surface area contributed by atoms with Crippen LogP contribution in [0, 0.1) is 13.8 Å². The Hall–Kier alpha value is -3.04. The van der Waals surface area contributed by atoms with Crippen LogP contribution in [0.15, 0.2) is 41.3 Å². The van der Waals surface area contributed by atoms with E-state index in [9.17, 15) is 22.8 Å². The fraction of sp³-hybridized carbons (Fsp3) is 0.375. The Morgan fingerprint density at radius 2 is 1.85 bits per heavy atom. The summed E-state index contributed by atoms with van der Waals surface area (Å²) in [6.07, 6.45) is -0.568. The first-order chi connectivity index (χ1) is 15.5. The average molecular weight is 473 g/mol. The largest absolute Gasteiger partial charge is 0.454 e. The summed E-state index contributed by atoms with van der Waals surface area (Å²) in [7, 11) is -3.77. The van der Waals surface area contributed by atoms with Gasteiger partial charge in [0.15, 0.2) is 6.10 Å². The number of nitrogens with zero attached hydrogens (tertiary/aromatic N) is 1. The Bertz CT molecular complexity index is 1210. The fourth-order valence-corrected chi connectivity index (χ4v) is 5.15. The molecule has 176 valence electrons. The van der Waals surface area contributed by atoms with E-state index >= 15 is 0 Å². The third-order valence-corrected chi connectivity index (χ3v) is 7.17. The molecule has 0 fully saturated rings. The molecule has 1 aliphatic heterocycles. The van der Waals surface area contributed by atoms with E-state index in [-0.39, 0.29) is 29.6 Å². The van der Waals surface area contributed by atoms with E-state index in [0.29, 0.717) is 24.1 Å².